The van der Waals surface area contributed by atoms with Crippen molar-refractivity contribution in [3.8, 4) is 0 Å². The number of ether oxygens (including phenoxy) is 3. The van der Waals surface area contributed by atoms with Gasteiger partial charge < -0.3 is 45.1 Å². The zero-order valence-corrected chi connectivity index (χ0v) is 15.2. The van der Waals surface area contributed by atoms with Gasteiger partial charge in [0.05, 0.1) is 31.0 Å². The molecular formula is C17H29NO9. The molecule has 0 aromatic rings. The molecule has 1 unspecified atom stereocenters. The molecule has 0 aromatic heterocycles. The van der Waals surface area contributed by atoms with E-state index in [1.807, 2.05) is 0 Å². The number of hydrogen-bond acceptors (Lipinski definition) is 9. The predicted molar refractivity (Wildman–Crippen MR) is 89.6 cm³/mol. The van der Waals surface area contributed by atoms with Crippen LogP contribution in [0.1, 0.15) is 19.8 Å². The number of rotatable bonds is 3. The van der Waals surface area contributed by atoms with Gasteiger partial charge in [-0.25, -0.2) is 0 Å². The molecule has 156 valence electrons. The molecule has 0 saturated carbocycles. The first-order valence-electron chi connectivity index (χ1n) is 9.35. The summed E-state index contributed by atoms with van der Waals surface area (Å²) < 4.78 is 17.3. The van der Waals surface area contributed by atoms with Crippen LogP contribution in [0.3, 0.4) is 0 Å². The Morgan fingerprint density at radius 3 is 2.37 bits per heavy atom. The highest BCUT2D eigenvalue weighted by Gasteiger charge is 2.55. The lowest BCUT2D eigenvalue weighted by atomic mass is 9.77. The lowest BCUT2D eigenvalue weighted by Gasteiger charge is -2.51. The van der Waals surface area contributed by atoms with E-state index in [0.717, 1.165) is 0 Å². The predicted octanol–water partition coefficient (Wildman–Crippen LogP) is -3.11. The highest BCUT2D eigenvalue weighted by Crippen LogP contribution is 2.37. The normalized spacial score (nSPS) is 47.9. The summed E-state index contributed by atoms with van der Waals surface area (Å²) in [6.07, 6.45) is -8.77. The summed E-state index contributed by atoms with van der Waals surface area (Å²) in [6, 6.07) is 0. The summed E-state index contributed by atoms with van der Waals surface area (Å²) in [6.45, 7) is 1.14. The molecule has 0 radical (unpaired) electrons. The van der Waals surface area contributed by atoms with E-state index < -0.39 is 67.5 Å². The minimum atomic E-state index is -1.43. The van der Waals surface area contributed by atoms with Crippen LogP contribution >= 0.6 is 0 Å². The third kappa shape index (κ3) is 4.13. The van der Waals surface area contributed by atoms with E-state index in [1.54, 1.807) is 0 Å². The van der Waals surface area contributed by atoms with Gasteiger partial charge in [-0.05, 0) is 12.8 Å². The van der Waals surface area contributed by atoms with Crippen LogP contribution in [0.2, 0.25) is 0 Å². The number of nitrogens with one attached hydrogen (secondary N) is 1. The van der Waals surface area contributed by atoms with Crippen molar-refractivity contribution < 1.29 is 44.5 Å². The summed E-state index contributed by atoms with van der Waals surface area (Å²) in [5.74, 6) is -1.22. The number of carbonyl (C=O) groups is 1. The van der Waals surface area contributed by atoms with Crippen molar-refractivity contribution in [2.24, 2.45) is 5.92 Å². The van der Waals surface area contributed by atoms with E-state index in [-0.39, 0.29) is 19.1 Å². The van der Waals surface area contributed by atoms with E-state index in [0.29, 0.717) is 12.8 Å². The SMILES string of the molecule is CC(=O)NC[C@H]1O[C@@H]2CCCO[C@H]3[C@H](O)[C@@H](O)[C@H](O[C@@H]3CO)C1[C@H](O)[C@H]2O. The van der Waals surface area contributed by atoms with Gasteiger partial charge in [0.15, 0.2) is 0 Å². The molecule has 27 heavy (non-hydrogen) atoms. The molecule has 10 heteroatoms. The van der Waals surface area contributed by atoms with Crippen LogP contribution in [-0.2, 0) is 19.0 Å². The standard InChI is InChI=1S/C17H29NO9/c1-7(20)18-5-9-11-13(22)12(21)8(26-9)3-2-4-25-16-10(6-19)27-17(11)15(24)14(16)23/h8-17,19,21-24H,2-6H2,1H3,(H,18,20)/t8-,9-,10-,11?,12+,13+,14-,15-,16-,17-/m1/s1. The van der Waals surface area contributed by atoms with Gasteiger partial charge in [-0.15, -0.1) is 0 Å². The molecular weight excluding hydrogens is 362 g/mol. The van der Waals surface area contributed by atoms with Crippen LogP contribution in [-0.4, -0.2) is 106 Å². The van der Waals surface area contributed by atoms with Crippen LogP contribution < -0.4 is 5.32 Å². The Labute approximate surface area is 157 Å². The molecule has 10 nitrogen and oxygen atoms in total. The molecule has 4 bridgehead atoms. The van der Waals surface area contributed by atoms with Gasteiger partial charge in [-0.3, -0.25) is 4.79 Å². The molecule has 6 rings (SSSR count). The van der Waals surface area contributed by atoms with Crippen molar-refractivity contribution in [3.63, 3.8) is 0 Å². The van der Waals surface area contributed by atoms with E-state index >= 15 is 0 Å². The van der Waals surface area contributed by atoms with Gasteiger partial charge in [0.1, 0.15) is 30.5 Å². The smallest absolute Gasteiger partial charge is 0.216 e. The average Bonchev–Trinajstić information content (AvgIpc) is 2.63. The number of aliphatic hydroxyl groups is 5. The van der Waals surface area contributed by atoms with Crippen LogP contribution in [0.4, 0.5) is 0 Å². The van der Waals surface area contributed by atoms with E-state index in [4.69, 9.17) is 14.2 Å². The fourth-order valence-corrected chi connectivity index (χ4v) is 4.28. The van der Waals surface area contributed by atoms with E-state index in [2.05, 4.69) is 5.32 Å². The molecule has 6 aliphatic heterocycles. The maximum Gasteiger partial charge on any atom is 0.216 e. The van der Waals surface area contributed by atoms with Gasteiger partial charge in [-0.1, -0.05) is 0 Å². The Bertz CT molecular complexity index is 519. The lowest BCUT2D eigenvalue weighted by Crippen LogP contribution is -2.68. The van der Waals surface area contributed by atoms with E-state index in [9.17, 15) is 30.3 Å². The van der Waals surface area contributed by atoms with Crippen molar-refractivity contribution >= 4 is 5.91 Å². The second-order valence-corrected chi connectivity index (χ2v) is 7.49. The Balaban J connectivity index is 1.95. The highest BCUT2D eigenvalue weighted by molar-refractivity contribution is 5.72. The maximum absolute atomic E-state index is 11.3. The first-order valence-corrected chi connectivity index (χ1v) is 9.35. The summed E-state index contributed by atoms with van der Waals surface area (Å²) in [7, 11) is 0. The molecule has 0 spiro atoms. The van der Waals surface area contributed by atoms with Crippen molar-refractivity contribution in [2.45, 2.75) is 74.7 Å². The number of carbonyl (C=O) groups excluding carboxylic acids is 1. The number of aliphatic hydroxyl groups excluding tert-OH is 5. The monoisotopic (exact) mass is 391 g/mol. The number of amides is 1. The van der Waals surface area contributed by atoms with Gasteiger partial charge in [-0.2, -0.15) is 0 Å². The molecule has 0 aliphatic carbocycles. The molecule has 6 aliphatic rings. The summed E-state index contributed by atoms with van der Waals surface area (Å²) in [5.41, 5.74) is 0. The first-order chi connectivity index (χ1) is 12.8. The Kier molecular flexibility index (Phi) is 6.70. The average molecular weight is 391 g/mol. The molecule has 6 fully saturated rings. The van der Waals surface area contributed by atoms with Gasteiger partial charge >= 0.3 is 0 Å². The maximum atomic E-state index is 11.3. The van der Waals surface area contributed by atoms with E-state index in [1.165, 1.54) is 6.92 Å². The minimum absolute atomic E-state index is 0.0483. The third-order valence-corrected chi connectivity index (χ3v) is 5.68. The summed E-state index contributed by atoms with van der Waals surface area (Å²) >= 11 is 0. The van der Waals surface area contributed by atoms with Crippen LogP contribution in [0, 0.1) is 5.92 Å². The fraction of sp³-hybridized carbons (Fsp3) is 0.941. The largest absolute Gasteiger partial charge is 0.394 e. The van der Waals surface area contributed by atoms with Gasteiger partial charge in [0.2, 0.25) is 5.91 Å². The van der Waals surface area contributed by atoms with Crippen molar-refractivity contribution in [1.82, 2.24) is 5.32 Å². The molecule has 6 N–H and O–H groups in total. The quantitative estimate of drug-likeness (QED) is 0.293. The molecule has 6 saturated heterocycles. The van der Waals surface area contributed by atoms with Crippen LogP contribution in [0.15, 0.2) is 0 Å². The van der Waals surface area contributed by atoms with Crippen molar-refractivity contribution in [2.75, 3.05) is 19.8 Å². The summed E-state index contributed by atoms with van der Waals surface area (Å²) in [5, 5.41) is 54.7. The van der Waals surface area contributed by atoms with Crippen molar-refractivity contribution in [1.29, 1.82) is 0 Å². The minimum Gasteiger partial charge on any atom is -0.394 e. The molecule has 10 atom stereocenters. The second kappa shape index (κ2) is 8.66. The lowest BCUT2D eigenvalue weighted by molar-refractivity contribution is -0.295. The Morgan fingerprint density at radius 2 is 1.70 bits per heavy atom. The van der Waals surface area contributed by atoms with Crippen molar-refractivity contribution in [3.05, 3.63) is 0 Å². The summed E-state index contributed by atoms with van der Waals surface area (Å²) in [4.78, 5) is 11.3. The van der Waals surface area contributed by atoms with Gasteiger partial charge in [0, 0.05) is 26.0 Å². The third-order valence-electron chi connectivity index (χ3n) is 5.68. The molecule has 6 heterocycles. The van der Waals surface area contributed by atoms with Gasteiger partial charge in [0.25, 0.3) is 0 Å². The molecule has 0 aromatic carbocycles. The van der Waals surface area contributed by atoms with Crippen LogP contribution in [0.25, 0.3) is 0 Å². The second-order valence-electron chi connectivity index (χ2n) is 7.49. The molecule has 1 amide bonds. The highest BCUT2D eigenvalue weighted by atomic mass is 16.6. The first kappa shape index (κ1) is 20.9. The zero-order valence-electron chi connectivity index (χ0n) is 15.2. The van der Waals surface area contributed by atoms with Crippen LogP contribution in [0.5, 0.6) is 0 Å². The number of hydrogen-bond donors (Lipinski definition) is 6. The Hall–Kier alpha value is -0.850. The fourth-order valence-electron chi connectivity index (χ4n) is 4.28. The zero-order chi connectivity index (χ0) is 19.7. The Morgan fingerprint density at radius 1 is 1.00 bits per heavy atom. The topological polar surface area (TPSA) is 158 Å².